The SMILES string of the molecule is CCn1c(=O)n(-c2noc(C3CCC(N(C)C4CCOC4)CC3)n2)c2cc(F)ccc21. The van der Waals surface area contributed by atoms with Crippen LogP contribution < -0.4 is 5.69 Å². The van der Waals surface area contributed by atoms with E-state index in [2.05, 4.69) is 22.1 Å². The van der Waals surface area contributed by atoms with Crippen molar-refractivity contribution in [2.75, 3.05) is 20.3 Å². The van der Waals surface area contributed by atoms with Crippen molar-refractivity contribution in [2.45, 2.75) is 63.6 Å². The standard InChI is InChI=1S/C22H28FN5O3/c1-3-27-18-9-6-15(23)12-19(18)28(22(27)29)21-24-20(31-25-21)14-4-7-16(8-5-14)26(2)17-10-11-30-13-17/h6,9,12,14,16-17H,3-5,7-8,10-11,13H2,1-2H3. The van der Waals surface area contributed by atoms with Gasteiger partial charge in [0, 0.05) is 37.2 Å². The second-order valence-corrected chi connectivity index (χ2v) is 8.62. The molecule has 9 heteroatoms. The van der Waals surface area contributed by atoms with E-state index in [1.807, 2.05) is 6.92 Å². The van der Waals surface area contributed by atoms with Gasteiger partial charge in [-0.3, -0.25) is 9.47 Å². The molecule has 166 valence electrons. The lowest BCUT2D eigenvalue weighted by molar-refractivity contribution is 0.106. The Bertz CT molecular complexity index is 1120. The Balaban J connectivity index is 1.36. The fraction of sp³-hybridized carbons (Fsp3) is 0.591. The van der Waals surface area contributed by atoms with Crippen molar-refractivity contribution in [3.63, 3.8) is 0 Å². The molecule has 8 nitrogen and oxygen atoms in total. The number of rotatable bonds is 5. The van der Waals surface area contributed by atoms with Crippen LogP contribution in [-0.2, 0) is 11.3 Å². The first kappa shape index (κ1) is 20.4. The summed E-state index contributed by atoms with van der Waals surface area (Å²) in [6.45, 7) is 4.03. The van der Waals surface area contributed by atoms with E-state index < -0.39 is 5.82 Å². The Morgan fingerprint density at radius 2 is 1.97 bits per heavy atom. The van der Waals surface area contributed by atoms with E-state index in [4.69, 9.17) is 9.26 Å². The zero-order valence-electron chi connectivity index (χ0n) is 18.0. The van der Waals surface area contributed by atoms with Gasteiger partial charge in [0.2, 0.25) is 5.89 Å². The lowest BCUT2D eigenvalue weighted by atomic mass is 9.85. The summed E-state index contributed by atoms with van der Waals surface area (Å²) in [5.74, 6) is 0.497. The number of hydrogen-bond donors (Lipinski definition) is 0. The molecule has 2 fully saturated rings. The van der Waals surface area contributed by atoms with E-state index in [0.29, 0.717) is 35.6 Å². The highest BCUT2D eigenvalue weighted by Crippen LogP contribution is 2.35. The molecule has 1 aromatic carbocycles. The Kier molecular flexibility index (Phi) is 5.39. The lowest BCUT2D eigenvalue weighted by Gasteiger charge is -2.36. The number of aromatic nitrogens is 4. The lowest BCUT2D eigenvalue weighted by Crippen LogP contribution is -2.42. The zero-order valence-corrected chi connectivity index (χ0v) is 18.0. The van der Waals surface area contributed by atoms with Gasteiger partial charge in [-0.1, -0.05) is 0 Å². The van der Waals surface area contributed by atoms with Crippen molar-refractivity contribution in [3.05, 3.63) is 40.4 Å². The predicted octanol–water partition coefficient (Wildman–Crippen LogP) is 3.08. The molecule has 2 aliphatic rings. The van der Waals surface area contributed by atoms with E-state index in [1.54, 1.807) is 10.6 Å². The summed E-state index contributed by atoms with van der Waals surface area (Å²) in [5, 5.41) is 4.08. The van der Waals surface area contributed by atoms with Crippen LogP contribution in [0.25, 0.3) is 17.0 Å². The molecule has 0 N–H and O–H groups in total. The monoisotopic (exact) mass is 429 g/mol. The summed E-state index contributed by atoms with van der Waals surface area (Å²) < 4.78 is 27.9. The van der Waals surface area contributed by atoms with Crippen LogP contribution in [-0.4, -0.2) is 56.5 Å². The van der Waals surface area contributed by atoms with Crippen LogP contribution in [0.5, 0.6) is 0 Å². The fourth-order valence-corrected chi connectivity index (χ4v) is 5.08. The Labute approximate surface area is 179 Å². The van der Waals surface area contributed by atoms with Crippen LogP contribution in [0.15, 0.2) is 27.5 Å². The Hall–Kier alpha value is -2.52. The number of nitrogens with zero attached hydrogens (tertiary/aromatic N) is 5. The van der Waals surface area contributed by atoms with Gasteiger partial charge in [0.15, 0.2) is 0 Å². The van der Waals surface area contributed by atoms with Gasteiger partial charge in [0.05, 0.1) is 17.6 Å². The molecule has 3 aromatic rings. The number of ether oxygens (including phenoxy) is 1. The molecule has 1 unspecified atom stereocenters. The maximum Gasteiger partial charge on any atom is 0.336 e. The minimum absolute atomic E-state index is 0.171. The van der Waals surface area contributed by atoms with Crippen LogP contribution in [0.1, 0.15) is 50.8 Å². The van der Waals surface area contributed by atoms with Gasteiger partial charge in [-0.15, -0.1) is 0 Å². The topological polar surface area (TPSA) is 78.3 Å². The van der Waals surface area contributed by atoms with E-state index in [-0.39, 0.29) is 17.6 Å². The van der Waals surface area contributed by atoms with Crippen molar-refractivity contribution < 1.29 is 13.7 Å². The number of fused-ring (bicyclic) bond motifs is 1. The first-order valence-corrected chi connectivity index (χ1v) is 11.1. The average molecular weight is 429 g/mol. The molecular weight excluding hydrogens is 401 g/mol. The third-order valence-corrected chi connectivity index (χ3v) is 6.94. The third kappa shape index (κ3) is 3.59. The van der Waals surface area contributed by atoms with Gasteiger partial charge < -0.3 is 9.26 Å². The van der Waals surface area contributed by atoms with Crippen LogP contribution in [0, 0.1) is 5.82 Å². The zero-order chi connectivity index (χ0) is 21.5. The third-order valence-electron chi connectivity index (χ3n) is 6.94. The average Bonchev–Trinajstić information content (AvgIpc) is 3.52. The highest BCUT2D eigenvalue weighted by molar-refractivity contribution is 5.77. The summed E-state index contributed by atoms with van der Waals surface area (Å²) in [5.41, 5.74) is 0.808. The number of likely N-dealkylation sites (N-methyl/N-ethyl adjacent to an activating group) is 1. The van der Waals surface area contributed by atoms with Gasteiger partial charge >= 0.3 is 5.69 Å². The molecule has 31 heavy (non-hydrogen) atoms. The maximum atomic E-state index is 13.9. The van der Waals surface area contributed by atoms with Crippen molar-refractivity contribution in [2.24, 2.45) is 0 Å². The van der Waals surface area contributed by atoms with E-state index >= 15 is 0 Å². The Morgan fingerprint density at radius 3 is 2.68 bits per heavy atom. The molecule has 1 saturated heterocycles. The number of halogens is 1. The van der Waals surface area contributed by atoms with Gasteiger partial charge in [0.25, 0.3) is 5.95 Å². The highest BCUT2D eigenvalue weighted by Gasteiger charge is 2.32. The fourth-order valence-electron chi connectivity index (χ4n) is 5.08. The van der Waals surface area contributed by atoms with Crippen molar-refractivity contribution >= 4 is 11.0 Å². The second kappa shape index (κ2) is 8.20. The summed E-state index contributed by atoms with van der Waals surface area (Å²) in [7, 11) is 2.20. The number of benzene rings is 1. The molecule has 0 amide bonds. The minimum Gasteiger partial charge on any atom is -0.380 e. The van der Waals surface area contributed by atoms with Gasteiger partial charge in [0.1, 0.15) is 5.82 Å². The normalized spacial score (nSPS) is 24.5. The number of aryl methyl sites for hydroxylation is 1. The Morgan fingerprint density at radius 1 is 1.16 bits per heavy atom. The van der Waals surface area contributed by atoms with Crippen LogP contribution in [0.3, 0.4) is 0 Å². The molecule has 0 spiro atoms. The van der Waals surface area contributed by atoms with Gasteiger partial charge in [-0.05, 0) is 63.4 Å². The quantitative estimate of drug-likeness (QED) is 0.620. The second-order valence-electron chi connectivity index (χ2n) is 8.62. The molecule has 5 rings (SSSR count). The number of hydrogen-bond acceptors (Lipinski definition) is 6. The molecule has 3 heterocycles. The predicted molar refractivity (Wildman–Crippen MR) is 113 cm³/mol. The van der Waals surface area contributed by atoms with Crippen molar-refractivity contribution in [1.29, 1.82) is 0 Å². The van der Waals surface area contributed by atoms with Crippen molar-refractivity contribution in [1.82, 2.24) is 24.2 Å². The summed E-state index contributed by atoms with van der Waals surface area (Å²) >= 11 is 0. The summed E-state index contributed by atoms with van der Waals surface area (Å²) in [6.07, 6.45) is 5.16. The van der Waals surface area contributed by atoms with Gasteiger partial charge in [-0.2, -0.15) is 4.98 Å². The van der Waals surface area contributed by atoms with Gasteiger partial charge in [-0.25, -0.2) is 13.8 Å². The molecule has 1 saturated carbocycles. The highest BCUT2D eigenvalue weighted by atomic mass is 19.1. The minimum atomic E-state index is -0.409. The van der Waals surface area contributed by atoms with E-state index in [1.165, 1.54) is 16.7 Å². The number of imidazole rings is 1. The molecular formula is C22H28FN5O3. The molecule has 1 aliphatic heterocycles. The molecule has 2 aromatic heterocycles. The molecule has 0 bridgehead atoms. The maximum absolute atomic E-state index is 13.9. The van der Waals surface area contributed by atoms with Crippen LogP contribution in [0.2, 0.25) is 0 Å². The summed E-state index contributed by atoms with van der Waals surface area (Å²) in [6, 6.07) is 5.36. The van der Waals surface area contributed by atoms with Crippen LogP contribution >= 0.6 is 0 Å². The summed E-state index contributed by atoms with van der Waals surface area (Å²) in [4.78, 5) is 20.0. The van der Waals surface area contributed by atoms with E-state index in [9.17, 15) is 9.18 Å². The molecule has 1 atom stereocenters. The van der Waals surface area contributed by atoms with E-state index in [0.717, 1.165) is 45.3 Å². The van der Waals surface area contributed by atoms with Crippen LogP contribution in [0.4, 0.5) is 4.39 Å². The largest absolute Gasteiger partial charge is 0.380 e. The smallest absolute Gasteiger partial charge is 0.336 e. The molecule has 1 aliphatic carbocycles. The molecule has 0 radical (unpaired) electrons. The first-order chi connectivity index (χ1) is 15.1. The first-order valence-electron chi connectivity index (χ1n) is 11.1. The van der Waals surface area contributed by atoms with Crippen molar-refractivity contribution in [3.8, 4) is 5.95 Å².